The van der Waals surface area contributed by atoms with E-state index in [0.717, 1.165) is 5.56 Å². The zero-order chi connectivity index (χ0) is 50.1. The Bertz CT molecular complexity index is 1700. The van der Waals surface area contributed by atoms with Crippen LogP contribution in [0.15, 0.2) is 24.3 Å². The van der Waals surface area contributed by atoms with Gasteiger partial charge in [-0.3, -0.25) is 38.4 Å². The molecular weight excluding hydrogens is 869 g/mol. The molecule has 0 unspecified atom stereocenters. The molecule has 0 heterocycles. The number of carboxylic acid groups (broad SMARTS) is 1. The topological polar surface area (TPSA) is 273 Å². The Hall–Kier alpha value is -4.91. The summed E-state index contributed by atoms with van der Waals surface area (Å²) in [5, 5.41) is 17.4. The Labute approximate surface area is 396 Å². The molecular formula is C49H78N4O14. The second-order valence-electron chi connectivity index (χ2n) is 17.7. The number of nitrogens with one attached hydrogen (secondary N) is 3. The number of primary amides is 1. The van der Waals surface area contributed by atoms with E-state index in [9.17, 15) is 48.3 Å². The van der Waals surface area contributed by atoms with Crippen LogP contribution in [0.1, 0.15) is 124 Å². The fraction of sp³-hybridized carbons (Fsp3) is 0.694. The van der Waals surface area contributed by atoms with Crippen molar-refractivity contribution in [3.63, 3.8) is 0 Å². The van der Waals surface area contributed by atoms with Gasteiger partial charge in [-0.1, -0.05) is 53.7 Å². The number of nitrogens with two attached hydrogens (primary N) is 1. The summed E-state index contributed by atoms with van der Waals surface area (Å²) in [5.41, 5.74) is 6.61. The Kier molecular flexibility index (Phi) is 31.6. The molecule has 0 saturated heterocycles. The van der Waals surface area contributed by atoms with Crippen molar-refractivity contribution in [1.29, 1.82) is 0 Å². The number of amides is 4. The number of aliphatic carboxylic acids is 1. The number of hydrogen-bond donors (Lipinski definition) is 5. The first-order valence-electron chi connectivity index (χ1n) is 23.7. The van der Waals surface area contributed by atoms with Gasteiger partial charge in [0.25, 0.3) is 0 Å². The van der Waals surface area contributed by atoms with Crippen LogP contribution in [0.4, 0.5) is 10.5 Å². The predicted molar refractivity (Wildman–Crippen MR) is 251 cm³/mol. The van der Waals surface area contributed by atoms with Crippen molar-refractivity contribution in [1.82, 2.24) is 10.6 Å². The van der Waals surface area contributed by atoms with Crippen molar-refractivity contribution < 1.29 is 67.2 Å². The molecule has 0 aromatic heterocycles. The van der Waals surface area contributed by atoms with E-state index in [1.165, 1.54) is 0 Å². The predicted octanol–water partition coefficient (Wildman–Crippen LogP) is 5.20. The van der Waals surface area contributed by atoms with Crippen LogP contribution in [0.5, 0.6) is 0 Å². The number of urea groups is 1. The molecule has 0 aliphatic rings. The largest absolute Gasteiger partial charge is 0.481 e. The standard InChI is InChI=1S/C49H78N4O14/c1-33(2)42(56)18-13-36-11-15-39(16-12-36)52-47(61)37(9-7-22-51-49(50)63)32-44(58)46(35(5)6)53-48(62)38(14-20-45(59)60)31-41(55)21-24-65-26-28-67-30-29-66-27-25-64-23-8-10-40(54)17-19-43(57)34(3)4/h11-12,15-16,33-35,37-38,46H,7-10,13-14,17-32H2,1-6H3,(H,52,61)(H,53,62)(H,59,60)(H3,50,51,63)/t37-,38-,46+/m1/s1. The molecule has 378 valence electrons. The summed E-state index contributed by atoms with van der Waals surface area (Å²) >= 11 is 0. The summed E-state index contributed by atoms with van der Waals surface area (Å²) in [7, 11) is 0. The fourth-order valence-electron chi connectivity index (χ4n) is 6.70. The highest BCUT2D eigenvalue weighted by molar-refractivity contribution is 5.98. The number of anilines is 1. The molecule has 0 aliphatic heterocycles. The zero-order valence-electron chi connectivity index (χ0n) is 40.7. The number of carboxylic acids is 1. The van der Waals surface area contributed by atoms with Gasteiger partial charge in [0.05, 0.1) is 52.3 Å². The third-order valence-electron chi connectivity index (χ3n) is 10.9. The van der Waals surface area contributed by atoms with Gasteiger partial charge in [-0.15, -0.1) is 0 Å². The lowest BCUT2D eigenvalue weighted by Crippen LogP contribution is -2.48. The normalized spacial score (nSPS) is 12.7. The van der Waals surface area contributed by atoms with Gasteiger partial charge in [0.2, 0.25) is 11.8 Å². The highest BCUT2D eigenvalue weighted by atomic mass is 16.6. The minimum Gasteiger partial charge on any atom is -0.481 e. The van der Waals surface area contributed by atoms with Crippen LogP contribution >= 0.6 is 0 Å². The van der Waals surface area contributed by atoms with Crippen molar-refractivity contribution in [2.24, 2.45) is 35.3 Å². The molecule has 0 aliphatic carbocycles. The first-order valence-corrected chi connectivity index (χ1v) is 23.7. The Morgan fingerprint density at radius 1 is 0.567 bits per heavy atom. The molecule has 18 nitrogen and oxygen atoms in total. The van der Waals surface area contributed by atoms with E-state index < -0.39 is 53.4 Å². The number of carbonyl (C=O) groups is 9. The monoisotopic (exact) mass is 947 g/mol. The molecule has 0 fully saturated rings. The summed E-state index contributed by atoms with van der Waals surface area (Å²) in [6, 6.07) is 5.30. The average molecular weight is 947 g/mol. The van der Waals surface area contributed by atoms with Crippen LogP contribution in [0.25, 0.3) is 0 Å². The summed E-state index contributed by atoms with van der Waals surface area (Å²) in [4.78, 5) is 112. The Morgan fingerprint density at radius 2 is 1.12 bits per heavy atom. The van der Waals surface area contributed by atoms with Crippen LogP contribution in [0, 0.1) is 29.6 Å². The van der Waals surface area contributed by atoms with Crippen molar-refractivity contribution in [3.8, 4) is 0 Å². The molecule has 0 spiro atoms. The van der Waals surface area contributed by atoms with Crippen LogP contribution in [0.2, 0.25) is 0 Å². The average Bonchev–Trinajstić information content (AvgIpc) is 3.27. The van der Waals surface area contributed by atoms with E-state index in [1.54, 1.807) is 26.0 Å². The summed E-state index contributed by atoms with van der Waals surface area (Å²) in [6.07, 6.45) is 1.97. The number of benzene rings is 1. The van der Waals surface area contributed by atoms with Crippen LogP contribution in [-0.4, -0.2) is 123 Å². The molecule has 4 amide bonds. The van der Waals surface area contributed by atoms with Crippen molar-refractivity contribution in [2.75, 3.05) is 64.7 Å². The highest BCUT2D eigenvalue weighted by Crippen LogP contribution is 2.21. The maximum Gasteiger partial charge on any atom is 0.312 e. The van der Waals surface area contributed by atoms with Crippen molar-refractivity contribution in [3.05, 3.63) is 29.8 Å². The number of ether oxygens (including phenoxy) is 4. The first kappa shape index (κ1) is 60.1. The molecule has 18 heteroatoms. The van der Waals surface area contributed by atoms with Gasteiger partial charge in [-0.05, 0) is 55.7 Å². The number of aryl methyl sites for hydroxylation is 1. The molecule has 6 N–H and O–H groups in total. The van der Waals surface area contributed by atoms with Gasteiger partial charge in [-0.2, -0.15) is 0 Å². The zero-order valence-corrected chi connectivity index (χ0v) is 40.7. The number of ketones is 5. The molecule has 1 aromatic carbocycles. The van der Waals surface area contributed by atoms with Crippen LogP contribution < -0.4 is 21.7 Å². The molecule has 0 bridgehead atoms. The van der Waals surface area contributed by atoms with E-state index in [1.807, 2.05) is 39.8 Å². The highest BCUT2D eigenvalue weighted by Gasteiger charge is 2.32. The van der Waals surface area contributed by atoms with Crippen molar-refractivity contribution >= 4 is 58.4 Å². The van der Waals surface area contributed by atoms with Gasteiger partial charge >= 0.3 is 12.0 Å². The summed E-state index contributed by atoms with van der Waals surface area (Å²) in [6.45, 7) is 13.3. The number of rotatable bonds is 41. The second-order valence-corrected chi connectivity index (χ2v) is 17.7. The maximum absolute atomic E-state index is 13.9. The minimum absolute atomic E-state index is 0.0274. The van der Waals surface area contributed by atoms with E-state index in [-0.39, 0.29) is 113 Å². The SMILES string of the molecule is CC(C)C(=O)CCC(=O)CCCOCCOCCOCCOCCC(=O)C[C@@H](CCC(=O)O)C(=O)N[C@H](C(=O)C[C@@H](CCCNC(N)=O)C(=O)Nc1ccc(CCC(=O)C(C)C)cc1)C(C)C. The lowest BCUT2D eigenvalue weighted by molar-refractivity contribution is -0.139. The fourth-order valence-corrected chi connectivity index (χ4v) is 6.70. The van der Waals surface area contributed by atoms with E-state index >= 15 is 0 Å². The molecule has 1 aromatic rings. The van der Waals surface area contributed by atoms with Crippen molar-refractivity contribution in [2.45, 2.75) is 131 Å². The third kappa shape index (κ3) is 29.5. The maximum atomic E-state index is 13.9. The van der Waals surface area contributed by atoms with Gasteiger partial charge < -0.3 is 45.7 Å². The molecule has 3 atom stereocenters. The van der Waals surface area contributed by atoms with E-state index in [2.05, 4.69) is 16.0 Å². The van der Waals surface area contributed by atoms with Gasteiger partial charge in [0, 0.05) is 93.9 Å². The van der Waals surface area contributed by atoms with E-state index in [4.69, 9.17) is 24.7 Å². The van der Waals surface area contributed by atoms with Gasteiger partial charge in [0.15, 0.2) is 5.78 Å². The lowest BCUT2D eigenvalue weighted by atomic mass is 9.88. The van der Waals surface area contributed by atoms with Crippen LogP contribution in [-0.2, 0) is 63.7 Å². The number of hydrogen-bond acceptors (Lipinski definition) is 13. The quantitative estimate of drug-likeness (QED) is 0.0529. The number of Topliss-reactive ketones (excluding diaryl/α,β-unsaturated/α-hetero) is 5. The minimum atomic E-state index is -1.15. The lowest BCUT2D eigenvalue weighted by Gasteiger charge is -2.26. The summed E-state index contributed by atoms with van der Waals surface area (Å²) in [5.74, 6) is -5.10. The smallest absolute Gasteiger partial charge is 0.312 e. The number of carbonyl (C=O) groups excluding carboxylic acids is 8. The van der Waals surface area contributed by atoms with Gasteiger partial charge in [0.1, 0.15) is 23.1 Å². The second kappa shape index (κ2) is 35.3. The third-order valence-corrected chi connectivity index (χ3v) is 10.9. The molecule has 0 radical (unpaired) electrons. The van der Waals surface area contributed by atoms with E-state index in [0.29, 0.717) is 70.8 Å². The Balaban J connectivity index is 2.61. The molecule has 67 heavy (non-hydrogen) atoms. The molecule has 1 rings (SSSR count). The molecule has 0 saturated carbocycles. The van der Waals surface area contributed by atoms with Crippen LogP contribution in [0.3, 0.4) is 0 Å². The Morgan fingerprint density at radius 3 is 1.67 bits per heavy atom. The first-order chi connectivity index (χ1) is 31.8. The van der Waals surface area contributed by atoms with Gasteiger partial charge in [-0.25, -0.2) is 4.79 Å². The summed E-state index contributed by atoms with van der Waals surface area (Å²) < 4.78 is 22.0.